The Morgan fingerprint density at radius 1 is 1.26 bits per heavy atom. The van der Waals surface area contributed by atoms with Gasteiger partial charge in [-0.1, -0.05) is 34.3 Å². The molecule has 0 bridgehead atoms. The number of rotatable bonds is 7. The van der Waals surface area contributed by atoms with E-state index in [9.17, 15) is 9.59 Å². The minimum absolute atomic E-state index is 0.219. The van der Waals surface area contributed by atoms with E-state index in [1.807, 2.05) is 52.0 Å². The second-order valence-electron chi connectivity index (χ2n) is 7.33. The van der Waals surface area contributed by atoms with Crippen LogP contribution in [0.2, 0.25) is 0 Å². The van der Waals surface area contributed by atoms with E-state index in [0.29, 0.717) is 6.61 Å². The first-order valence-corrected chi connectivity index (χ1v) is 9.52. The van der Waals surface area contributed by atoms with Crippen molar-refractivity contribution >= 4 is 23.3 Å². The summed E-state index contributed by atoms with van der Waals surface area (Å²) in [4.78, 5) is 27.7. The van der Waals surface area contributed by atoms with Crippen molar-refractivity contribution in [2.75, 3.05) is 20.3 Å². The van der Waals surface area contributed by atoms with E-state index in [0.717, 1.165) is 22.7 Å². The van der Waals surface area contributed by atoms with Crippen LogP contribution in [0.15, 0.2) is 29.6 Å². The largest absolute Gasteiger partial charge is 0.383 e. The fourth-order valence-corrected chi connectivity index (χ4v) is 3.03. The molecular formula is C19H26N4O3S. The van der Waals surface area contributed by atoms with Crippen LogP contribution in [0.3, 0.4) is 0 Å². The van der Waals surface area contributed by atoms with E-state index in [-0.39, 0.29) is 24.1 Å². The average molecular weight is 391 g/mol. The standard InChI is InChI=1S/C19H26N4O3S/c1-13-6-8-14(9-7-13)16(17(24)20-19(2,3)4)23(10-11-26-5)18(25)15-12-27-22-21-15/h6-9,12,16H,10-11H2,1-5H3,(H,20,24)/t16-/m1/s1. The maximum Gasteiger partial charge on any atom is 0.276 e. The number of amides is 2. The van der Waals surface area contributed by atoms with Gasteiger partial charge in [0.1, 0.15) is 6.04 Å². The predicted molar refractivity (Wildman–Crippen MR) is 105 cm³/mol. The highest BCUT2D eigenvalue weighted by molar-refractivity contribution is 7.03. The van der Waals surface area contributed by atoms with Crippen LogP contribution in [-0.2, 0) is 9.53 Å². The topological polar surface area (TPSA) is 84.4 Å². The molecule has 0 saturated heterocycles. The lowest BCUT2D eigenvalue weighted by molar-refractivity contribution is -0.127. The first-order valence-electron chi connectivity index (χ1n) is 8.68. The van der Waals surface area contributed by atoms with E-state index in [2.05, 4.69) is 14.9 Å². The SMILES string of the molecule is COCCN(C(=O)c1csnn1)[C@@H](C(=O)NC(C)(C)C)c1ccc(C)cc1. The number of carbonyl (C=O) groups is 2. The van der Waals surface area contributed by atoms with Crippen LogP contribution in [0, 0.1) is 6.92 Å². The number of carbonyl (C=O) groups excluding carboxylic acids is 2. The van der Waals surface area contributed by atoms with Gasteiger partial charge < -0.3 is 15.0 Å². The molecule has 8 heteroatoms. The lowest BCUT2D eigenvalue weighted by Crippen LogP contribution is -2.50. The van der Waals surface area contributed by atoms with Gasteiger partial charge in [-0.15, -0.1) is 5.10 Å². The molecule has 1 aromatic heterocycles. The third-order valence-corrected chi connectivity index (χ3v) is 4.33. The first-order chi connectivity index (χ1) is 12.7. The number of hydrogen-bond donors (Lipinski definition) is 1. The summed E-state index contributed by atoms with van der Waals surface area (Å²) in [5.41, 5.74) is 1.59. The summed E-state index contributed by atoms with van der Waals surface area (Å²) < 4.78 is 8.93. The van der Waals surface area contributed by atoms with Gasteiger partial charge in [0.25, 0.3) is 5.91 Å². The number of aromatic nitrogens is 2. The predicted octanol–water partition coefficient (Wildman–Crippen LogP) is 2.59. The molecule has 2 amide bonds. The zero-order valence-corrected chi connectivity index (χ0v) is 17.2. The van der Waals surface area contributed by atoms with E-state index in [4.69, 9.17) is 4.74 Å². The summed E-state index contributed by atoms with van der Waals surface area (Å²) in [5, 5.41) is 8.44. The smallest absolute Gasteiger partial charge is 0.276 e. The van der Waals surface area contributed by atoms with Crippen molar-refractivity contribution < 1.29 is 14.3 Å². The van der Waals surface area contributed by atoms with Crippen LogP contribution in [0.5, 0.6) is 0 Å². The quantitative estimate of drug-likeness (QED) is 0.785. The van der Waals surface area contributed by atoms with Gasteiger partial charge in [-0.25, -0.2) is 0 Å². The van der Waals surface area contributed by atoms with Gasteiger partial charge >= 0.3 is 0 Å². The molecule has 0 radical (unpaired) electrons. The van der Waals surface area contributed by atoms with Crippen LogP contribution in [-0.4, -0.2) is 52.1 Å². The van der Waals surface area contributed by atoms with Crippen LogP contribution in [0.1, 0.15) is 48.4 Å². The molecule has 27 heavy (non-hydrogen) atoms. The minimum atomic E-state index is -0.797. The van der Waals surface area contributed by atoms with Crippen molar-refractivity contribution in [1.29, 1.82) is 0 Å². The highest BCUT2D eigenvalue weighted by atomic mass is 32.1. The van der Waals surface area contributed by atoms with Crippen molar-refractivity contribution in [2.45, 2.75) is 39.3 Å². The number of nitrogens with one attached hydrogen (secondary N) is 1. The second-order valence-corrected chi connectivity index (χ2v) is 7.94. The number of methoxy groups -OCH3 is 1. The van der Waals surface area contributed by atoms with Gasteiger partial charge in [0.05, 0.1) is 6.61 Å². The first kappa shape index (κ1) is 21.0. The summed E-state index contributed by atoms with van der Waals surface area (Å²) in [6, 6.07) is 6.80. The zero-order valence-electron chi connectivity index (χ0n) is 16.4. The van der Waals surface area contributed by atoms with Crippen molar-refractivity contribution in [3.05, 3.63) is 46.5 Å². The third-order valence-electron chi connectivity index (χ3n) is 3.83. The van der Waals surface area contributed by atoms with Gasteiger partial charge in [0.15, 0.2) is 5.69 Å². The fraction of sp³-hybridized carbons (Fsp3) is 0.474. The van der Waals surface area contributed by atoms with Gasteiger partial charge in [0.2, 0.25) is 5.91 Å². The maximum absolute atomic E-state index is 13.1. The van der Waals surface area contributed by atoms with Crippen molar-refractivity contribution in [2.24, 2.45) is 0 Å². The number of aryl methyl sites for hydroxylation is 1. The van der Waals surface area contributed by atoms with Crippen LogP contribution in [0.25, 0.3) is 0 Å². The normalized spacial score (nSPS) is 12.5. The summed E-state index contributed by atoms with van der Waals surface area (Å²) >= 11 is 1.10. The molecule has 0 fully saturated rings. The maximum atomic E-state index is 13.1. The Bertz CT molecular complexity index is 754. The molecule has 1 heterocycles. The lowest BCUT2D eigenvalue weighted by Gasteiger charge is -2.33. The Hall–Kier alpha value is -2.32. The van der Waals surface area contributed by atoms with E-state index < -0.39 is 11.6 Å². The van der Waals surface area contributed by atoms with Crippen molar-refractivity contribution in [3.8, 4) is 0 Å². The minimum Gasteiger partial charge on any atom is -0.383 e. The Kier molecular flexibility index (Phi) is 7.04. The number of nitrogens with zero attached hydrogens (tertiary/aromatic N) is 3. The lowest BCUT2D eigenvalue weighted by atomic mass is 10.00. The Morgan fingerprint density at radius 2 is 1.93 bits per heavy atom. The van der Waals surface area contributed by atoms with Gasteiger partial charge in [-0.3, -0.25) is 9.59 Å². The molecule has 0 aliphatic heterocycles. The molecule has 0 aliphatic carbocycles. The molecular weight excluding hydrogens is 364 g/mol. The highest BCUT2D eigenvalue weighted by Gasteiger charge is 2.34. The number of hydrogen-bond acceptors (Lipinski definition) is 6. The van der Waals surface area contributed by atoms with Crippen molar-refractivity contribution in [1.82, 2.24) is 19.8 Å². The molecule has 0 saturated carbocycles. The Balaban J connectivity index is 2.46. The molecule has 1 N–H and O–H groups in total. The molecule has 2 rings (SSSR count). The molecule has 146 valence electrons. The molecule has 2 aromatic rings. The molecule has 1 aromatic carbocycles. The van der Waals surface area contributed by atoms with E-state index in [1.54, 1.807) is 12.5 Å². The van der Waals surface area contributed by atoms with Gasteiger partial charge in [-0.2, -0.15) is 0 Å². The third kappa shape index (κ3) is 5.83. The number of benzene rings is 1. The van der Waals surface area contributed by atoms with Gasteiger partial charge in [0, 0.05) is 24.6 Å². The van der Waals surface area contributed by atoms with Crippen molar-refractivity contribution in [3.63, 3.8) is 0 Å². The Morgan fingerprint density at radius 3 is 2.44 bits per heavy atom. The summed E-state index contributed by atoms with van der Waals surface area (Å²) in [6.45, 7) is 8.24. The van der Waals surface area contributed by atoms with E-state index in [1.165, 1.54) is 4.90 Å². The monoisotopic (exact) mass is 390 g/mol. The Labute approximate surface area is 163 Å². The summed E-state index contributed by atoms with van der Waals surface area (Å²) in [5.74, 6) is -0.602. The van der Waals surface area contributed by atoms with Gasteiger partial charge in [-0.05, 0) is 44.8 Å². The van der Waals surface area contributed by atoms with Crippen LogP contribution < -0.4 is 5.32 Å². The molecule has 1 atom stereocenters. The molecule has 0 spiro atoms. The summed E-state index contributed by atoms with van der Waals surface area (Å²) in [7, 11) is 1.56. The van der Waals surface area contributed by atoms with E-state index >= 15 is 0 Å². The van der Waals surface area contributed by atoms with Crippen LogP contribution in [0.4, 0.5) is 0 Å². The molecule has 7 nitrogen and oxygen atoms in total. The second kappa shape index (κ2) is 9.05. The molecule has 0 unspecified atom stereocenters. The molecule has 0 aliphatic rings. The zero-order chi connectivity index (χ0) is 20.0. The highest BCUT2D eigenvalue weighted by Crippen LogP contribution is 2.24. The fourth-order valence-electron chi connectivity index (χ4n) is 2.60. The van der Waals surface area contributed by atoms with Crippen LogP contribution >= 0.6 is 11.5 Å². The average Bonchev–Trinajstić information content (AvgIpc) is 3.12. The number of ether oxygens (including phenoxy) is 1. The summed E-state index contributed by atoms with van der Waals surface area (Å²) in [6.07, 6.45) is 0.